The van der Waals surface area contributed by atoms with Crippen LogP contribution in [0.3, 0.4) is 0 Å². The number of aryl methyl sites for hydroxylation is 1. The molecular formula is C15H23Nd. The number of benzene rings is 1. The first kappa shape index (κ1) is 16.6. The molecule has 0 nitrogen and oxygen atoms in total. The van der Waals surface area contributed by atoms with Crippen molar-refractivity contribution in [3.05, 3.63) is 35.9 Å². The molecule has 0 amide bonds. The third kappa shape index (κ3) is 8.69. The second-order valence-corrected chi connectivity index (χ2v) is 4.28. The second-order valence-electron chi connectivity index (χ2n) is 4.28. The Bertz CT molecular complexity index is 230. The van der Waals surface area contributed by atoms with E-state index in [-0.39, 0.29) is 40.8 Å². The topological polar surface area (TPSA) is 0 Å². The van der Waals surface area contributed by atoms with Crippen LogP contribution in [0.1, 0.15) is 57.4 Å². The molecule has 16 heavy (non-hydrogen) atoms. The molecule has 0 N–H and O–H groups in total. The maximum atomic E-state index is 3.06. The van der Waals surface area contributed by atoms with Crippen LogP contribution in [-0.4, -0.2) is 0 Å². The van der Waals surface area contributed by atoms with Gasteiger partial charge in [-0.05, 0) is 24.5 Å². The normalized spacial score (nSPS) is 9.81. The summed E-state index contributed by atoms with van der Waals surface area (Å²) in [6, 6.07) is 11.4. The molecule has 0 saturated carbocycles. The zero-order valence-corrected chi connectivity index (χ0v) is 13.7. The predicted molar refractivity (Wildman–Crippen MR) is 67.0 cm³/mol. The van der Waals surface area contributed by atoms with E-state index in [1.807, 2.05) is 12.1 Å². The molecule has 1 aromatic carbocycles. The van der Waals surface area contributed by atoms with Crippen molar-refractivity contribution >= 4 is 0 Å². The summed E-state index contributed by atoms with van der Waals surface area (Å²) in [5, 5.41) is 0. The van der Waals surface area contributed by atoms with Crippen LogP contribution in [0.5, 0.6) is 0 Å². The van der Waals surface area contributed by atoms with Gasteiger partial charge < -0.3 is 0 Å². The fraction of sp³-hybridized carbons (Fsp3) is 0.600. The quantitative estimate of drug-likeness (QED) is 0.594. The van der Waals surface area contributed by atoms with Crippen molar-refractivity contribution in [2.24, 2.45) is 0 Å². The van der Waals surface area contributed by atoms with Crippen molar-refractivity contribution < 1.29 is 40.8 Å². The van der Waals surface area contributed by atoms with Crippen LogP contribution in [0.2, 0.25) is 0 Å². The van der Waals surface area contributed by atoms with Gasteiger partial charge in [-0.3, -0.25) is 0 Å². The monoisotopic (exact) mass is 345 g/mol. The Kier molecular flexibility index (Phi) is 12.5. The molecule has 0 spiro atoms. The van der Waals surface area contributed by atoms with E-state index in [0.29, 0.717) is 0 Å². The predicted octanol–water partition coefficient (Wildman–Crippen LogP) is 4.78. The van der Waals surface area contributed by atoms with E-state index in [4.69, 9.17) is 0 Å². The maximum absolute atomic E-state index is 3.06. The van der Waals surface area contributed by atoms with Gasteiger partial charge in [0, 0.05) is 40.8 Å². The van der Waals surface area contributed by atoms with Crippen molar-refractivity contribution in [2.75, 3.05) is 0 Å². The number of unbranched alkanes of at least 4 members (excludes halogenated alkanes) is 6. The van der Waals surface area contributed by atoms with Gasteiger partial charge in [0.05, 0.1) is 0 Å². The molecule has 1 heteroatoms. The molecule has 1 aromatic rings. The van der Waals surface area contributed by atoms with Crippen molar-refractivity contribution in [3.63, 3.8) is 0 Å². The van der Waals surface area contributed by atoms with Crippen LogP contribution in [0, 0.1) is 46.9 Å². The fourth-order valence-corrected chi connectivity index (χ4v) is 1.87. The Labute approximate surface area is 134 Å². The minimum Gasteiger partial charge on any atom is -0.0654 e. The number of hydrogen-bond acceptors (Lipinski definition) is 0. The molecule has 0 heterocycles. The van der Waals surface area contributed by atoms with E-state index in [2.05, 4.69) is 25.1 Å². The summed E-state index contributed by atoms with van der Waals surface area (Å²) in [7, 11) is 0. The van der Waals surface area contributed by atoms with Crippen molar-refractivity contribution in [3.8, 4) is 0 Å². The van der Waals surface area contributed by atoms with Gasteiger partial charge in [0.2, 0.25) is 0 Å². The fourth-order valence-electron chi connectivity index (χ4n) is 1.87. The average Bonchev–Trinajstić information content (AvgIpc) is 2.29. The summed E-state index contributed by atoms with van der Waals surface area (Å²) in [6.45, 7) is 2.27. The molecule has 0 atom stereocenters. The second kappa shape index (κ2) is 12.0. The zero-order valence-electron chi connectivity index (χ0n) is 10.5. The molecule has 0 aromatic heterocycles. The van der Waals surface area contributed by atoms with Crippen LogP contribution in [0.4, 0.5) is 0 Å². The van der Waals surface area contributed by atoms with Gasteiger partial charge in [0.1, 0.15) is 0 Å². The summed E-state index contributed by atoms with van der Waals surface area (Å²) < 4.78 is 0. The first-order valence-corrected chi connectivity index (χ1v) is 6.38. The first-order valence-electron chi connectivity index (χ1n) is 6.38. The van der Waals surface area contributed by atoms with E-state index in [1.54, 1.807) is 0 Å². The zero-order chi connectivity index (χ0) is 10.8. The van der Waals surface area contributed by atoms with Gasteiger partial charge in [-0.25, -0.2) is 0 Å². The molecular weight excluding hydrogens is 324 g/mol. The van der Waals surface area contributed by atoms with E-state index < -0.39 is 0 Å². The standard InChI is InChI=1S/C15H23.Nd/c1-2-3-4-5-6-7-9-12-15-13-10-8-11-14-15;/h10-11,13-14H,2-7,9,12H2,1H3;. The summed E-state index contributed by atoms with van der Waals surface area (Å²) in [4.78, 5) is 0. The van der Waals surface area contributed by atoms with Crippen molar-refractivity contribution in [1.82, 2.24) is 0 Å². The molecule has 1 radical (unpaired) electrons. The van der Waals surface area contributed by atoms with E-state index >= 15 is 0 Å². The van der Waals surface area contributed by atoms with Crippen LogP contribution < -0.4 is 0 Å². The SMILES string of the molecule is CCCCCCCCCc1cc[c]cc1.[Nd]. The van der Waals surface area contributed by atoms with Gasteiger partial charge >= 0.3 is 0 Å². The third-order valence-corrected chi connectivity index (χ3v) is 2.86. The van der Waals surface area contributed by atoms with Crippen LogP contribution in [-0.2, 0) is 6.42 Å². The Hall–Kier alpha value is 0.571. The molecule has 0 saturated heterocycles. The third-order valence-electron chi connectivity index (χ3n) is 2.86. The minimum atomic E-state index is 0. The molecule has 0 aliphatic heterocycles. The largest absolute Gasteiger partial charge is 0.0654 e. The summed E-state index contributed by atoms with van der Waals surface area (Å²) >= 11 is 0. The van der Waals surface area contributed by atoms with E-state index in [1.165, 1.54) is 56.9 Å². The number of rotatable bonds is 8. The van der Waals surface area contributed by atoms with Gasteiger partial charge in [-0.2, -0.15) is 0 Å². The Morgan fingerprint density at radius 1 is 0.875 bits per heavy atom. The van der Waals surface area contributed by atoms with E-state index in [9.17, 15) is 0 Å². The van der Waals surface area contributed by atoms with Crippen LogP contribution >= 0.6 is 0 Å². The molecule has 87 valence electrons. The van der Waals surface area contributed by atoms with Crippen LogP contribution in [0.25, 0.3) is 0 Å². The Morgan fingerprint density at radius 3 is 2.06 bits per heavy atom. The van der Waals surface area contributed by atoms with Crippen LogP contribution in [0.15, 0.2) is 24.3 Å². The smallest absolute Gasteiger partial charge is 0 e. The molecule has 0 aliphatic carbocycles. The van der Waals surface area contributed by atoms with Gasteiger partial charge in [-0.15, -0.1) is 0 Å². The molecule has 1 rings (SSSR count). The van der Waals surface area contributed by atoms with Gasteiger partial charge in [0.25, 0.3) is 0 Å². The Balaban J connectivity index is 0.00000225. The molecule has 0 aliphatic rings. The van der Waals surface area contributed by atoms with Crippen molar-refractivity contribution in [2.45, 2.75) is 58.3 Å². The maximum Gasteiger partial charge on any atom is 0 e. The summed E-state index contributed by atoms with van der Waals surface area (Å²) in [5.74, 6) is 0. The van der Waals surface area contributed by atoms with Gasteiger partial charge in [0.15, 0.2) is 0 Å². The first-order chi connectivity index (χ1) is 7.43. The number of hydrogen-bond donors (Lipinski definition) is 0. The summed E-state index contributed by atoms with van der Waals surface area (Å²) in [6.07, 6.45) is 11.0. The molecule has 0 unspecified atom stereocenters. The summed E-state index contributed by atoms with van der Waals surface area (Å²) in [5.41, 5.74) is 1.46. The van der Waals surface area contributed by atoms with E-state index in [0.717, 1.165) is 0 Å². The molecule has 0 fully saturated rings. The average molecular weight is 348 g/mol. The molecule has 0 bridgehead atoms. The minimum absolute atomic E-state index is 0. The van der Waals surface area contributed by atoms with Gasteiger partial charge in [-0.1, -0.05) is 69.7 Å². The Morgan fingerprint density at radius 2 is 1.44 bits per heavy atom. The van der Waals surface area contributed by atoms with Crippen molar-refractivity contribution in [1.29, 1.82) is 0 Å².